The number of fused-ring (bicyclic) bond motifs is 1. The maximum absolute atomic E-state index is 9.65. The molecular formula is C10H11NO. The van der Waals surface area contributed by atoms with E-state index in [0.29, 0.717) is 0 Å². The van der Waals surface area contributed by atoms with Crippen LogP contribution in [-0.2, 0) is 0 Å². The first-order chi connectivity index (χ1) is 5.79. The van der Waals surface area contributed by atoms with Crippen LogP contribution in [0.1, 0.15) is 17.2 Å². The number of hydrogen-bond acceptors (Lipinski definition) is 2. The highest BCUT2D eigenvalue weighted by molar-refractivity contribution is 5.58. The van der Waals surface area contributed by atoms with Gasteiger partial charge >= 0.3 is 0 Å². The molecule has 2 rings (SSSR count). The van der Waals surface area contributed by atoms with Gasteiger partial charge in [0.15, 0.2) is 0 Å². The molecule has 2 heteroatoms. The number of nitrogens with two attached hydrogens (primary N) is 1. The van der Waals surface area contributed by atoms with Gasteiger partial charge < -0.3 is 10.8 Å². The highest BCUT2D eigenvalue weighted by Crippen LogP contribution is 2.26. The summed E-state index contributed by atoms with van der Waals surface area (Å²) in [6.45, 7) is 0. The molecule has 1 aliphatic carbocycles. The Kier molecular flexibility index (Phi) is 1.71. The maximum atomic E-state index is 9.65. The molecule has 0 saturated carbocycles. The van der Waals surface area contributed by atoms with Crippen LogP contribution in [0, 0.1) is 0 Å². The summed E-state index contributed by atoms with van der Waals surface area (Å²) in [5.41, 5.74) is 7.64. The van der Waals surface area contributed by atoms with Crippen molar-refractivity contribution in [2.45, 2.75) is 12.1 Å². The third kappa shape index (κ3) is 1.05. The van der Waals surface area contributed by atoms with E-state index < -0.39 is 6.10 Å². The van der Waals surface area contributed by atoms with E-state index in [1.54, 1.807) is 0 Å². The SMILES string of the molecule is NC1C=Cc2ccccc2C1O. The average molecular weight is 161 g/mol. The molecule has 62 valence electrons. The van der Waals surface area contributed by atoms with Crippen molar-refractivity contribution < 1.29 is 5.11 Å². The predicted octanol–water partition coefficient (Wildman–Crippen LogP) is 1.07. The van der Waals surface area contributed by atoms with Crippen molar-refractivity contribution in [3.63, 3.8) is 0 Å². The molecule has 1 aliphatic rings. The monoisotopic (exact) mass is 161 g/mol. The summed E-state index contributed by atoms with van der Waals surface area (Å²) in [6, 6.07) is 7.48. The largest absolute Gasteiger partial charge is 0.386 e. The van der Waals surface area contributed by atoms with E-state index in [0.717, 1.165) is 11.1 Å². The van der Waals surface area contributed by atoms with E-state index in [1.165, 1.54) is 0 Å². The molecule has 1 aromatic rings. The van der Waals surface area contributed by atoms with Crippen molar-refractivity contribution in [3.05, 3.63) is 41.5 Å². The molecular weight excluding hydrogens is 150 g/mol. The van der Waals surface area contributed by atoms with Crippen LogP contribution in [0.4, 0.5) is 0 Å². The van der Waals surface area contributed by atoms with Gasteiger partial charge in [-0.1, -0.05) is 36.4 Å². The summed E-state index contributed by atoms with van der Waals surface area (Å²) >= 11 is 0. The van der Waals surface area contributed by atoms with Gasteiger partial charge in [-0.2, -0.15) is 0 Å². The third-order valence-corrected chi connectivity index (χ3v) is 2.18. The summed E-state index contributed by atoms with van der Waals surface area (Å²) < 4.78 is 0. The average Bonchev–Trinajstić information content (AvgIpc) is 2.12. The number of rotatable bonds is 0. The molecule has 0 bridgehead atoms. The lowest BCUT2D eigenvalue weighted by molar-refractivity contribution is 0.162. The zero-order valence-corrected chi connectivity index (χ0v) is 6.64. The van der Waals surface area contributed by atoms with Gasteiger partial charge in [0.2, 0.25) is 0 Å². The summed E-state index contributed by atoms with van der Waals surface area (Å²) in [4.78, 5) is 0. The molecule has 1 aromatic carbocycles. The van der Waals surface area contributed by atoms with E-state index >= 15 is 0 Å². The van der Waals surface area contributed by atoms with Crippen LogP contribution in [0.5, 0.6) is 0 Å². The minimum atomic E-state index is -0.550. The summed E-state index contributed by atoms with van der Waals surface area (Å²) in [5, 5.41) is 9.65. The van der Waals surface area contributed by atoms with Gasteiger partial charge in [0.05, 0.1) is 12.1 Å². The Hall–Kier alpha value is -1.12. The Morgan fingerprint density at radius 2 is 2.00 bits per heavy atom. The lowest BCUT2D eigenvalue weighted by Crippen LogP contribution is -2.28. The molecule has 2 atom stereocenters. The molecule has 0 aliphatic heterocycles. The smallest absolute Gasteiger partial charge is 0.0982 e. The summed E-state index contributed by atoms with van der Waals surface area (Å²) in [6.07, 6.45) is 3.23. The predicted molar refractivity (Wildman–Crippen MR) is 48.4 cm³/mol. The highest BCUT2D eigenvalue weighted by Gasteiger charge is 2.19. The van der Waals surface area contributed by atoms with Gasteiger partial charge in [-0.15, -0.1) is 0 Å². The van der Waals surface area contributed by atoms with Crippen molar-refractivity contribution in [3.8, 4) is 0 Å². The fraction of sp³-hybridized carbons (Fsp3) is 0.200. The first-order valence-electron chi connectivity index (χ1n) is 4.00. The van der Waals surface area contributed by atoms with Crippen molar-refractivity contribution in [2.24, 2.45) is 5.73 Å². The number of aliphatic hydroxyl groups excluding tert-OH is 1. The zero-order valence-electron chi connectivity index (χ0n) is 6.64. The van der Waals surface area contributed by atoms with E-state index in [2.05, 4.69) is 0 Å². The Balaban J connectivity index is 2.52. The number of aliphatic hydroxyl groups is 1. The van der Waals surface area contributed by atoms with E-state index in [4.69, 9.17) is 5.73 Å². The van der Waals surface area contributed by atoms with E-state index in [1.807, 2.05) is 36.4 Å². The van der Waals surface area contributed by atoms with Crippen LogP contribution >= 0.6 is 0 Å². The molecule has 0 spiro atoms. The molecule has 2 nitrogen and oxygen atoms in total. The molecule has 12 heavy (non-hydrogen) atoms. The molecule has 2 unspecified atom stereocenters. The first kappa shape index (κ1) is 7.53. The number of hydrogen-bond donors (Lipinski definition) is 2. The van der Waals surface area contributed by atoms with Gasteiger partial charge in [-0.25, -0.2) is 0 Å². The third-order valence-electron chi connectivity index (χ3n) is 2.18. The highest BCUT2D eigenvalue weighted by atomic mass is 16.3. The van der Waals surface area contributed by atoms with Crippen LogP contribution in [0.2, 0.25) is 0 Å². The van der Waals surface area contributed by atoms with E-state index in [-0.39, 0.29) is 6.04 Å². The van der Waals surface area contributed by atoms with Crippen LogP contribution in [0.3, 0.4) is 0 Å². The second-order valence-corrected chi connectivity index (χ2v) is 3.01. The van der Waals surface area contributed by atoms with Crippen LogP contribution in [0.25, 0.3) is 6.08 Å². The van der Waals surface area contributed by atoms with Crippen LogP contribution < -0.4 is 5.73 Å². The second-order valence-electron chi connectivity index (χ2n) is 3.01. The standard InChI is InChI=1S/C10H11NO/c11-9-6-5-7-3-1-2-4-8(7)10(9)12/h1-6,9-10,12H,11H2. The first-order valence-corrected chi connectivity index (χ1v) is 4.00. The van der Waals surface area contributed by atoms with E-state index in [9.17, 15) is 5.11 Å². The van der Waals surface area contributed by atoms with Crippen molar-refractivity contribution in [2.75, 3.05) is 0 Å². The summed E-state index contributed by atoms with van der Waals surface area (Å²) in [7, 11) is 0. The fourth-order valence-corrected chi connectivity index (χ4v) is 1.46. The maximum Gasteiger partial charge on any atom is 0.0982 e. The van der Waals surface area contributed by atoms with Gasteiger partial charge in [0.1, 0.15) is 0 Å². The second kappa shape index (κ2) is 2.73. The normalized spacial score (nSPS) is 26.8. The van der Waals surface area contributed by atoms with Gasteiger partial charge in [-0.05, 0) is 11.1 Å². The zero-order chi connectivity index (χ0) is 8.55. The lowest BCUT2D eigenvalue weighted by atomic mass is 9.92. The number of benzene rings is 1. The van der Waals surface area contributed by atoms with Crippen molar-refractivity contribution in [1.82, 2.24) is 0 Å². The Labute approximate surface area is 71.3 Å². The summed E-state index contributed by atoms with van der Waals surface area (Å²) in [5.74, 6) is 0. The topological polar surface area (TPSA) is 46.2 Å². The molecule has 0 heterocycles. The van der Waals surface area contributed by atoms with Crippen LogP contribution in [-0.4, -0.2) is 11.1 Å². The quantitative estimate of drug-likeness (QED) is 0.598. The molecule has 0 amide bonds. The minimum Gasteiger partial charge on any atom is -0.386 e. The van der Waals surface area contributed by atoms with Gasteiger partial charge in [0, 0.05) is 0 Å². The van der Waals surface area contributed by atoms with Crippen LogP contribution in [0.15, 0.2) is 30.3 Å². The van der Waals surface area contributed by atoms with Crippen molar-refractivity contribution in [1.29, 1.82) is 0 Å². The Morgan fingerprint density at radius 3 is 2.83 bits per heavy atom. The minimum absolute atomic E-state index is 0.264. The van der Waals surface area contributed by atoms with Gasteiger partial charge in [-0.3, -0.25) is 0 Å². The Bertz CT molecular complexity index is 319. The fourth-order valence-electron chi connectivity index (χ4n) is 1.46. The molecule has 0 aromatic heterocycles. The molecule has 0 fully saturated rings. The Morgan fingerprint density at radius 1 is 1.25 bits per heavy atom. The lowest BCUT2D eigenvalue weighted by Gasteiger charge is -2.22. The molecule has 0 saturated heterocycles. The van der Waals surface area contributed by atoms with Gasteiger partial charge in [0.25, 0.3) is 0 Å². The molecule has 0 radical (unpaired) electrons. The molecule has 3 N–H and O–H groups in total. The van der Waals surface area contributed by atoms with Crippen molar-refractivity contribution >= 4 is 6.08 Å².